The van der Waals surface area contributed by atoms with Crippen molar-refractivity contribution in [1.29, 1.82) is 0 Å². The molecule has 3 aliphatic rings. The normalized spacial score (nSPS) is 22.1. The van der Waals surface area contributed by atoms with Crippen LogP contribution in [0, 0.1) is 0 Å². The van der Waals surface area contributed by atoms with Crippen molar-refractivity contribution in [2.24, 2.45) is 0 Å². The first-order chi connectivity index (χ1) is 13.5. The topological polar surface area (TPSA) is 81.8 Å². The average Bonchev–Trinajstić information content (AvgIpc) is 2.98. The van der Waals surface area contributed by atoms with Crippen molar-refractivity contribution < 1.29 is 14.4 Å². The second-order valence-corrected chi connectivity index (χ2v) is 7.92. The van der Waals surface area contributed by atoms with Crippen molar-refractivity contribution in [2.75, 3.05) is 20.1 Å². The number of fused-ring (bicyclic) bond motifs is 1. The van der Waals surface area contributed by atoms with Gasteiger partial charge in [-0.25, -0.2) is 0 Å². The number of benzene rings is 1. The van der Waals surface area contributed by atoms with E-state index in [2.05, 4.69) is 34.8 Å². The number of carbonyl (C=O) groups is 3. The highest BCUT2D eigenvalue weighted by Crippen LogP contribution is 2.28. The molecule has 0 spiro atoms. The monoisotopic (exact) mass is 382 g/mol. The lowest BCUT2D eigenvalue weighted by molar-refractivity contribution is -0.136. The lowest BCUT2D eigenvalue weighted by atomic mass is 10.0. The summed E-state index contributed by atoms with van der Waals surface area (Å²) in [6.45, 7) is 3.20. The fourth-order valence-corrected chi connectivity index (χ4v) is 4.27. The van der Waals surface area contributed by atoms with Gasteiger partial charge in [-0.3, -0.25) is 24.6 Å². The maximum absolute atomic E-state index is 12.8. The molecule has 0 bridgehead atoms. The minimum absolute atomic E-state index is 0.122. The van der Waals surface area contributed by atoms with Gasteiger partial charge in [-0.05, 0) is 55.3 Å². The molecule has 1 aromatic rings. The van der Waals surface area contributed by atoms with Gasteiger partial charge in [0.05, 0.1) is 0 Å². The Hall–Kier alpha value is -2.67. The van der Waals surface area contributed by atoms with Crippen LogP contribution < -0.4 is 10.6 Å². The highest BCUT2D eigenvalue weighted by atomic mass is 16.2. The van der Waals surface area contributed by atoms with E-state index in [4.69, 9.17) is 0 Å². The lowest BCUT2D eigenvalue weighted by Crippen LogP contribution is -2.52. The first kappa shape index (κ1) is 18.7. The molecule has 1 aromatic carbocycles. The van der Waals surface area contributed by atoms with Crippen LogP contribution in [0.4, 0.5) is 0 Å². The van der Waals surface area contributed by atoms with Crippen molar-refractivity contribution in [2.45, 2.75) is 44.8 Å². The maximum atomic E-state index is 12.8. The van der Waals surface area contributed by atoms with Crippen LogP contribution in [0.3, 0.4) is 0 Å². The molecule has 7 nitrogen and oxygen atoms in total. The zero-order valence-corrected chi connectivity index (χ0v) is 16.2. The Bertz CT molecular complexity index is 848. The highest BCUT2D eigenvalue weighted by molar-refractivity contribution is 6.05. The first-order valence-electron chi connectivity index (χ1n) is 9.87. The second kappa shape index (κ2) is 7.75. The number of likely N-dealkylation sites (N-methyl/N-ethyl adjacent to an activating group) is 1. The van der Waals surface area contributed by atoms with Gasteiger partial charge >= 0.3 is 0 Å². The molecule has 0 saturated carbocycles. The van der Waals surface area contributed by atoms with Gasteiger partial charge in [-0.15, -0.1) is 0 Å². The third kappa shape index (κ3) is 3.80. The van der Waals surface area contributed by atoms with Gasteiger partial charge < -0.3 is 10.2 Å². The molecule has 3 aliphatic heterocycles. The van der Waals surface area contributed by atoms with Gasteiger partial charge in [0.2, 0.25) is 11.8 Å². The fraction of sp³-hybridized carbons (Fsp3) is 0.476. The summed E-state index contributed by atoms with van der Waals surface area (Å²) in [6, 6.07) is 5.38. The third-order valence-corrected chi connectivity index (χ3v) is 5.64. The summed E-state index contributed by atoms with van der Waals surface area (Å²) in [5.41, 5.74) is 4.19. The molecule has 1 saturated heterocycles. The van der Waals surface area contributed by atoms with E-state index in [0.717, 1.165) is 37.2 Å². The number of piperidine rings is 1. The van der Waals surface area contributed by atoms with Crippen LogP contribution >= 0.6 is 0 Å². The Balaban J connectivity index is 1.42. The summed E-state index contributed by atoms with van der Waals surface area (Å²) < 4.78 is 0. The van der Waals surface area contributed by atoms with Crippen LogP contribution in [0.5, 0.6) is 0 Å². The summed E-state index contributed by atoms with van der Waals surface area (Å²) in [6.07, 6.45) is 5.10. The van der Waals surface area contributed by atoms with Crippen LogP contribution in [0.25, 0.3) is 0 Å². The summed E-state index contributed by atoms with van der Waals surface area (Å²) in [5, 5.41) is 5.64. The SMILES string of the molecule is CN(CC1=CNCCC1)Cc1ccc2c(c1)CN(C1CCC(=O)NC1=O)C2=O. The third-order valence-electron chi connectivity index (χ3n) is 5.64. The smallest absolute Gasteiger partial charge is 0.255 e. The van der Waals surface area contributed by atoms with E-state index >= 15 is 0 Å². The molecule has 0 radical (unpaired) electrons. The van der Waals surface area contributed by atoms with Crippen molar-refractivity contribution in [1.82, 2.24) is 20.4 Å². The van der Waals surface area contributed by atoms with Gasteiger partial charge in [0.25, 0.3) is 5.91 Å². The minimum Gasteiger partial charge on any atom is -0.391 e. The fourth-order valence-electron chi connectivity index (χ4n) is 4.27. The number of nitrogens with zero attached hydrogens (tertiary/aromatic N) is 2. The van der Waals surface area contributed by atoms with E-state index in [1.165, 1.54) is 12.0 Å². The number of hydrogen-bond acceptors (Lipinski definition) is 5. The van der Waals surface area contributed by atoms with Crippen LogP contribution in [-0.2, 0) is 22.7 Å². The number of imide groups is 1. The van der Waals surface area contributed by atoms with Gasteiger partial charge in [0.1, 0.15) is 6.04 Å². The van der Waals surface area contributed by atoms with Crippen LogP contribution in [0.1, 0.15) is 47.2 Å². The molecule has 1 atom stereocenters. The van der Waals surface area contributed by atoms with E-state index in [1.54, 1.807) is 4.90 Å². The van der Waals surface area contributed by atoms with E-state index in [-0.39, 0.29) is 24.1 Å². The van der Waals surface area contributed by atoms with Crippen LogP contribution in [-0.4, -0.2) is 53.7 Å². The first-order valence-corrected chi connectivity index (χ1v) is 9.87. The Morgan fingerprint density at radius 3 is 2.79 bits per heavy atom. The number of hydrogen-bond donors (Lipinski definition) is 2. The Morgan fingerprint density at radius 1 is 1.18 bits per heavy atom. The average molecular weight is 382 g/mol. The van der Waals surface area contributed by atoms with Gasteiger partial charge in [-0.2, -0.15) is 0 Å². The number of amides is 3. The van der Waals surface area contributed by atoms with Crippen molar-refractivity contribution >= 4 is 17.7 Å². The predicted octanol–water partition coefficient (Wildman–Crippen LogP) is 1.15. The van der Waals surface area contributed by atoms with E-state index < -0.39 is 6.04 Å². The van der Waals surface area contributed by atoms with E-state index in [0.29, 0.717) is 18.5 Å². The zero-order chi connectivity index (χ0) is 19.7. The molecule has 1 fully saturated rings. The van der Waals surface area contributed by atoms with Crippen molar-refractivity contribution in [3.05, 3.63) is 46.7 Å². The molecule has 4 rings (SSSR count). The minimum atomic E-state index is -0.561. The molecular formula is C21H26N4O3. The molecule has 148 valence electrons. The molecule has 1 unspecified atom stereocenters. The Morgan fingerprint density at radius 2 is 2.04 bits per heavy atom. The number of nitrogens with one attached hydrogen (secondary N) is 2. The van der Waals surface area contributed by atoms with Gasteiger partial charge in [-0.1, -0.05) is 12.1 Å². The van der Waals surface area contributed by atoms with Gasteiger partial charge in [0.15, 0.2) is 0 Å². The molecule has 0 aliphatic carbocycles. The summed E-state index contributed by atoms with van der Waals surface area (Å²) in [7, 11) is 2.10. The maximum Gasteiger partial charge on any atom is 0.255 e. The van der Waals surface area contributed by atoms with Crippen molar-refractivity contribution in [3.63, 3.8) is 0 Å². The molecule has 3 heterocycles. The van der Waals surface area contributed by atoms with E-state index in [9.17, 15) is 14.4 Å². The highest BCUT2D eigenvalue weighted by Gasteiger charge is 2.39. The zero-order valence-electron chi connectivity index (χ0n) is 16.2. The second-order valence-electron chi connectivity index (χ2n) is 7.92. The Labute approximate surface area is 164 Å². The van der Waals surface area contributed by atoms with Crippen LogP contribution in [0.15, 0.2) is 30.0 Å². The molecular weight excluding hydrogens is 356 g/mol. The predicted molar refractivity (Wildman–Crippen MR) is 104 cm³/mol. The Kier molecular flexibility index (Phi) is 5.17. The quantitative estimate of drug-likeness (QED) is 0.747. The summed E-state index contributed by atoms with van der Waals surface area (Å²) in [4.78, 5) is 40.1. The molecule has 0 aromatic heterocycles. The van der Waals surface area contributed by atoms with Crippen LogP contribution in [0.2, 0.25) is 0 Å². The lowest BCUT2D eigenvalue weighted by Gasteiger charge is -2.29. The largest absolute Gasteiger partial charge is 0.391 e. The number of carbonyl (C=O) groups excluding carboxylic acids is 3. The summed E-state index contributed by atoms with van der Waals surface area (Å²) >= 11 is 0. The molecule has 3 amide bonds. The molecule has 7 heteroatoms. The standard InChI is InChI=1S/C21H26N4O3/c1-24(12-15-3-2-8-22-10-15)11-14-4-5-17-16(9-14)13-25(21(17)28)18-6-7-19(26)23-20(18)27/h4-5,9-10,18,22H,2-3,6-8,11-13H2,1H3,(H,23,26,27). The van der Waals surface area contributed by atoms with E-state index in [1.807, 2.05) is 12.1 Å². The summed E-state index contributed by atoms with van der Waals surface area (Å²) in [5.74, 6) is -0.756. The molecule has 28 heavy (non-hydrogen) atoms. The van der Waals surface area contributed by atoms with Gasteiger partial charge in [0, 0.05) is 38.2 Å². The molecule has 2 N–H and O–H groups in total. The number of rotatable bonds is 5. The van der Waals surface area contributed by atoms with Crippen molar-refractivity contribution in [3.8, 4) is 0 Å².